The smallest absolute Gasteiger partial charge is 0.222 e. The van der Waals surface area contributed by atoms with E-state index in [0.29, 0.717) is 30.9 Å². The second kappa shape index (κ2) is 9.60. The minimum atomic E-state index is -0.253. The molecule has 4 rings (SSSR count). The Balaban J connectivity index is 1.37. The van der Waals surface area contributed by atoms with Crippen LogP contribution in [0, 0.1) is 26.7 Å². The zero-order chi connectivity index (χ0) is 23.5. The van der Waals surface area contributed by atoms with Crippen LogP contribution in [0.2, 0.25) is 0 Å². The average molecular weight is 449 g/mol. The van der Waals surface area contributed by atoms with E-state index < -0.39 is 0 Å². The molecule has 174 valence electrons. The van der Waals surface area contributed by atoms with Gasteiger partial charge in [-0.1, -0.05) is 17.7 Å². The van der Waals surface area contributed by atoms with Crippen LogP contribution < -0.4 is 5.73 Å². The number of Topliss-reactive ketones (excluding diaryl/α,β-unsaturated/α-hetero) is 1. The molecule has 0 unspecified atom stereocenters. The molecule has 8 heteroatoms. The molecule has 1 aromatic carbocycles. The van der Waals surface area contributed by atoms with Gasteiger partial charge in [-0.05, 0) is 58.2 Å². The number of piperidine rings is 1. The summed E-state index contributed by atoms with van der Waals surface area (Å²) in [4.78, 5) is 27.9. The summed E-state index contributed by atoms with van der Waals surface area (Å²) in [5, 5.41) is 8.80. The van der Waals surface area contributed by atoms with Gasteiger partial charge in [-0.2, -0.15) is 10.2 Å². The molecule has 1 aliphatic heterocycles. The normalized spacial score (nSPS) is 16.2. The summed E-state index contributed by atoms with van der Waals surface area (Å²) < 4.78 is 3.54. The van der Waals surface area contributed by atoms with Gasteiger partial charge < -0.3 is 10.6 Å². The number of hydrogen-bond donors (Lipinski definition) is 1. The van der Waals surface area contributed by atoms with Crippen LogP contribution in [0.5, 0.6) is 0 Å². The molecule has 3 aromatic rings. The Morgan fingerprint density at radius 3 is 2.61 bits per heavy atom. The largest absolute Gasteiger partial charge is 0.383 e. The summed E-state index contributed by atoms with van der Waals surface area (Å²) in [5.74, 6) is 0.150. The fourth-order valence-corrected chi connectivity index (χ4v) is 4.52. The third kappa shape index (κ3) is 4.99. The Morgan fingerprint density at radius 1 is 1.15 bits per heavy atom. The topological polar surface area (TPSA) is 99.0 Å². The van der Waals surface area contributed by atoms with Crippen molar-refractivity contribution in [3.8, 4) is 5.69 Å². The molecule has 1 saturated heterocycles. The van der Waals surface area contributed by atoms with E-state index in [1.165, 1.54) is 0 Å². The van der Waals surface area contributed by atoms with Gasteiger partial charge in [0.25, 0.3) is 0 Å². The Hall–Kier alpha value is -3.42. The second-order valence-corrected chi connectivity index (χ2v) is 8.99. The van der Waals surface area contributed by atoms with E-state index >= 15 is 0 Å². The quantitative estimate of drug-likeness (QED) is 0.558. The standard InChI is InChI=1S/C25H32N6O2/c1-17-8-10-21(11-9-17)31-25(26)22(15-27-31)24(33)20-6-4-12-29(16-20)23(32)7-5-13-30-19(3)14-18(2)28-30/h8-11,14-15,20H,4-7,12-13,16,26H2,1-3H3/t20-/m0/s1. The van der Waals surface area contributed by atoms with Crippen LogP contribution in [0.25, 0.3) is 5.69 Å². The molecule has 2 N–H and O–H groups in total. The van der Waals surface area contributed by atoms with Crippen LogP contribution in [-0.2, 0) is 11.3 Å². The van der Waals surface area contributed by atoms with Crippen LogP contribution >= 0.6 is 0 Å². The maximum absolute atomic E-state index is 13.2. The van der Waals surface area contributed by atoms with E-state index in [9.17, 15) is 9.59 Å². The van der Waals surface area contributed by atoms with Gasteiger partial charge in [-0.15, -0.1) is 0 Å². The molecule has 0 radical (unpaired) electrons. The van der Waals surface area contributed by atoms with Crippen molar-refractivity contribution >= 4 is 17.5 Å². The molecule has 1 atom stereocenters. The third-order valence-corrected chi connectivity index (χ3v) is 6.36. The average Bonchev–Trinajstić information content (AvgIpc) is 3.34. The number of rotatable bonds is 7. The number of nitrogens with two attached hydrogens (primary N) is 1. The number of anilines is 1. The first-order valence-electron chi connectivity index (χ1n) is 11.6. The van der Waals surface area contributed by atoms with E-state index in [0.717, 1.165) is 48.4 Å². The van der Waals surface area contributed by atoms with Crippen LogP contribution in [0.4, 0.5) is 5.82 Å². The summed E-state index contributed by atoms with van der Waals surface area (Å²) in [5.41, 5.74) is 10.8. The Labute approximate surface area is 194 Å². The maximum Gasteiger partial charge on any atom is 0.222 e. The van der Waals surface area contributed by atoms with Crippen molar-refractivity contribution in [2.45, 2.75) is 53.0 Å². The first kappa shape index (κ1) is 22.8. The van der Waals surface area contributed by atoms with Gasteiger partial charge >= 0.3 is 0 Å². The van der Waals surface area contributed by atoms with Crippen molar-refractivity contribution in [2.75, 3.05) is 18.8 Å². The first-order valence-corrected chi connectivity index (χ1v) is 11.6. The van der Waals surface area contributed by atoms with E-state index in [2.05, 4.69) is 10.2 Å². The summed E-state index contributed by atoms with van der Waals surface area (Å²) in [6.45, 7) is 7.86. The minimum Gasteiger partial charge on any atom is -0.383 e. The Morgan fingerprint density at radius 2 is 1.91 bits per heavy atom. The third-order valence-electron chi connectivity index (χ3n) is 6.36. The molecule has 2 aromatic heterocycles. The molecule has 8 nitrogen and oxygen atoms in total. The number of hydrogen-bond acceptors (Lipinski definition) is 5. The molecule has 1 amide bonds. The zero-order valence-electron chi connectivity index (χ0n) is 19.6. The van der Waals surface area contributed by atoms with E-state index in [1.54, 1.807) is 10.9 Å². The highest BCUT2D eigenvalue weighted by Gasteiger charge is 2.31. The Kier molecular flexibility index (Phi) is 6.62. The van der Waals surface area contributed by atoms with E-state index in [4.69, 9.17) is 5.73 Å². The predicted molar refractivity (Wildman–Crippen MR) is 127 cm³/mol. The van der Waals surface area contributed by atoms with E-state index in [1.807, 2.05) is 60.7 Å². The van der Waals surface area contributed by atoms with E-state index in [-0.39, 0.29) is 17.6 Å². The molecule has 0 bridgehead atoms. The summed E-state index contributed by atoms with van der Waals surface area (Å²) in [6.07, 6.45) is 4.29. The fraction of sp³-hybridized carbons (Fsp3) is 0.440. The number of benzene rings is 1. The van der Waals surface area contributed by atoms with Crippen molar-refractivity contribution in [3.05, 3.63) is 59.0 Å². The number of carbonyl (C=O) groups excluding carboxylic acids is 2. The van der Waals surface area contributed by atoms with Crippen LogP contribution in [0.3, 0.4) is 0 Å². The number of carbonyl (C=O) groups is 2. The Bertz CT molecular complexity index is 1140. The molecule has 0 aliphatic carbocycles. The fourth-order valence-electron chi connectivity index (χ4n) is 4.52. The molecule has 1 fully saturated rings. The number of aryl methyl sites for hydroxylation is 4. The number of aromatic nitrogens is 4. The SMILES string of the molecule is Cc1ccc(-n2ncc(C(=O)[C@H]3CCCN(C(=O)CCCn4nc(C)cc4C)C3)c2N)cc1. The van der Waals surface area contributed by atoms with Crippen LogP contribution in [-0.4, -0.2) is 49.2 Å². The summed E-state index contributed by atoms with van der Waals surface area (Å²) in [6, 6.07) is 9.87. The molecule has 1 aliphatic rings. The highest BCUT2D eigenvalue weighted by atomic mass is 16.2. The van der Waals surface area contributed by atoms with Crippen molar-refractivity contribution in [1.82, 2.24) is 24.5 Å². The first-order chi connectivity index (χ1) is 15.8. The number of nitrogen functional groups attached to an aromatic ring is 1. The van der Waals surface area contributed by atoms with Gasteiger partial charge in [0, 0.05) is 37.7 Å². The molecular formula is C25H32N6O2. The van der Waals surface area contributed by atoms with Gasteiger partial charge in [0.05, 0.1) is 23.1 Å². The van der Waals surface area contributed by atoms with Gasteiger partial charge in [-0.3, -0.25) is 14.3 Å². The lowest BCUT2D eigenvalue weighted by Crippen LogP contribution is -2.42. The lowest BCUT2D eigenvalue weighted by molar-refractivity contribution is -0.132. The molecule has 3 heterocycles. The zero-order valence-corrected chi connectivity index (χ0v) is 19.6. The van der Waals surface area contributed by atoms with Crippen molar-refractivity contribution in [1.29, 1.82) is 0 Å². The number of ketones is 1. The molecule has 0 spiro atoms. The number of nitrogens with zero attached hydrogens (tertiary/aromatic N) is 5. The minimum absolute atomic E-state index is 0.0361. The highest BCUT2D eigenvalue weighted by molar-refractivity contribution is 6.02. The van der Waals surface area contributed by atoms with Gasteiger partial charge in [0.2, 0.25) is 5.91 Å². The molecule has 0 saturated carbocycles. The van der Waals surface area contributed by atoms with Crippen molar-refractivity contribution in [3.63, 3.8) is 0 Å². The van der Waals surface area contributed by atoms with Gasteiger partial charge in [0.1, 0.15) is 5.82 Å². The van der Waals surface area contributed by atoms with Crippen LogP contribution in [0.1, 0.15) is 53.0 Å². The van der Waals surface area contributed by atoms with Gasteiger partial charge in [0.15, 0.2) is 5.78 Å². The van der Waals surface area contributed by atoms with Crippen molar-refractivity contribution in [2.24, 2.45) is 5.92 Å². The van der Waals surface area contributed by atoms with Gasteiger partial charge in [-0.25, -0.2) is 4.68 Å². The van der Waals surface area contributed by atoms with Crippen LogP contribution in [0.15, 0.2) is 36.5 Å². The lowest BCUT2D eigenvalue weighted by atomic mass is 9.90. The monoisotopic (exact) mass is 448 g/mol. The molecule has 33 heavy (non-hydrogen) atoms. The lowest BCUT2D eigenvalue weighted by Gasteiger charge is -2.32. The predicted octanol–water partition coefficient (Wildman–Crippen LogP) is 3.48. The number of likely N-dealkylation sites (tertiary alicyclic amines) is 1. The van der Waals surface area contributed by atoms with Crippen molar-refractivity contribution < 1.29 is 9.59 Å². The summed E-state index contributed by atoms with van der Waals surface area (Å²) >= 11 is 0. The summed E-state index contributed by atoms with van der Waals surface area (Å²) in [7, 11) is 0. The molecular weight excluding hydrogens is 416 g/mol. The maximum atomic E-state index is 13.2. The highest BCUT2D eigenvalue weighted by Crippen LogP contribution is 2.26. The second-order valence-electron chi connectivity index (χ2n) is 8.99. The number of amides is 1.